The Hall–Kier alpha value is -1.81. The number of hydrogen-bond acceptors (Lipinski definition) is 2. The molecule has 1 amide bonds. The van der Waals surface area contributed by atoms with E-state index in [1.807, 2.05) is 37.3 Å². The van der Waals surface area contributed by atoms with E-state index in [2.05, 4.69) is 10.2 Å². The van der Waals surface area contributed by atoms with Gasteiger partial charge in [-0.3, -0.25) is 14.8 Å². The van der Waals surface area contributed by atoms with Crippen molar-refractivity contribution in [2.24, 2.45) is 0 Å². The summed E-state index contributed by atoms with van der Waals surface area (Å²) in [6.45, 7) is 2.57. The Morgan fingerprint density at radius 2 is 2.21 bits per heavy atom. The van der Waals surface area contributed by atoms with Gasteiger partial charge in [0.15, 0.2) is 5.82 Å². The zero-order chi connectivity index (χ0) is 13.4. The average molecular weight is 276 g/mol. The molecule has 1 aliphatic rings. The monoisotopic (exact) mass is 275 g/mol. The van der Waals surface area contributed by atoms with Crippen molar-refractivity contribution in [1.82, 2.24) is 10.2 Å². The highest BCUT2D eigenvalue weighted by atomic mass is 35.5. The van der Waals surface area contributed by atoms with E-state index in [0.717, 1.165) is 11.3 Å². The van der Waals surface area contributed by atoms with Gasteiger partial charge in [-0.25, -0.2) is 0 Å². The van der Waals surface area contributed by atoms with Gasteiger partial charge in [0, 0.05) is 24.6 Å². The van der Waals surface area contributed by atoms with Crippen molar-refractivity contribution in [3.05, 3.63) is 35.9 Å². The standard InChI is InChI=1S/C14H14ClN3O/c1-9-4-2-3-5-11(9)12-7-13(17-16-12)18-8-10(15)6-14(18)19/h2-5,7,10H,6,8H2,1H3,(H,16,17). The number of carbonyl (C=O) groups is 1. The van der Waals surface area contributed by atoms with Crippen LogP contribution in [-0.4, -0.2) is 28.0 Å². The van der Waals surface area contributed by atoms with Crippen molar-refractivity contribution >= 4 is 23.3 Å². The predicted octanol–water partition coefficient (Wildman–Crippen LogP) is 2.73. The van der Waals surface area contributed by atoms with E-state index < -0.39 is 0 Å². The maximum atomic E-state index is 11.8. The lowest BCUT2D eigenvalue weighted by atomic mass is 10.1. The Morgan fingerprint density at radius 3 is 2.89 bits per heavy atom. The molecule has 2 heterocycles. The van der Waals surface area contributed by atoms with Crippen LogP contribution in [0.15, 0.2) is 30.3 Å². The number of H-pyrrole nitrogens is 1. The third-order valence-corrected chi connectivity index (χ3v) is 3.65. The van der Waals surface area contributed by atoms with Gasteiger partial charge in [0.05, 0.1) is 11.1 Å². The summed E-state index contributed by atoms with van der Waals surface area (Å²) in [5.41, 5.74) is 3.18. The van der Waals surface area contributed by atoms with E-state index in [1.54, 1.807) is 4.90 Å². The van der Waals surface area contributed by atoms with Crippen molar-refractivity contribution in [3.63, 3.8) is 0 Å². The number of alkyl halides is 1. The SMILES string of the molecule is Cc1ccccc1-c1cc(N2CC(Cl)CC2=O)n[nH]1. The second-order valence-corrected chi connectivity index (χ2v) is 5.38. The van der Waals surface area contributed by atoms with E-state index in [0.29, 0.717) is 18.8 Å². The van der Waals surface area contributed by atoms with Crippen LogP contribution in [0.5, 0.6) is 0 Å². The van der Waals surface area contributed by atoms with Crippen LogP contribution in [0.4, 0.5) is 5.82 Å². The summed E-state index contributed by atoms with van der Waals surface area (Å²) in [5, 5.41) is 7.09. The lowest BCUT2D eigenvalue weighted by molar-refractivity contribution is -0.117. The van der Waals surface area contributed by atoms with Gasteiger partial charge in [-0.15, -0.1) is 11.6 Å². The molecule has 1 aliphatic heterocycles. The molecule has 98 valence electrons. The van der Waals surface area contributed by atoms with E-state index >= 15 is 0 Å². The van der Waals surface area contributed by atoms with E-state index in [-0.39, 0.29) is 11.3 Å². The molecule has 1 N–H and O–H groups in total. The molecule has 0 spiro atoms. The number of benzene rings is 1. The normalized spacial score (nSPS) is 19.2. The van der Waals surface area contributed by atoms with Gasteiger partial charge in [-0.1, -0.05) is 24.3 Å². The Bertz CT molecular complexity index is 623. The first-order chi connectivity index (χ1) is 9.15. The highest BCUT2D eigenvalue weighted by molar-refractivity contribution is 6.24. The number of aromatic nitrogens is 2. The number of aromatic amines is 1. The second-order valence-electron chi connectivity index (χ2n) is 4.76. The molecule has 1 fully saturated rings. The van der Waals surface area contributed by atoms with E-state index in [1.165, 1.54) is 5.56 Å². The molecule has 4 nitrogen and oxygen atoms in total. The first-order valence-electron chi connectivity index (χ1n) is 6.21. The van der Waals surface area contributed by atoms with Gasteiger partial charge in [0.2, 0.25) is 5.91 Å². The van der Waals surface area contributed by atoms with Gasteiger partial charge < -0.3 is 0 Å². The summed E-state index contributed by atoms with van der Waals surface area (Å²) in [5.74, 6) is 0.675. The van der Waals surface area contributed by atoms with Gasteiger partial charge in [0.1, 0.15) is 0 Å². The molecular formula is C14H14ClN3O. The topological polar surface area (TPSA) is 49.0 Å². The van der Waals surface area contributed by atoms with Gasteiger partial charge in [-0.2, -0.15) is 5.10 Å². The smallest absolute Gasteiger partial charge is 0.229 e. The number of nitrogens with zero attached hydrogens (tertiary/aromatic N) is 2. The molecule has 5 heteroatoms. The van der Waals surface area contributed by atoms with E-state index in [9.17, 15) is 4.79 Å². The summed E-state index contributed by atoms with van der Waals surface area (Å²) < 4.78 is 0. The second kappa shape index (κ2) is 4.70. The minimum absolute atomic E-state index is 0.0304. The molecule has 1 aromatic carbocycles. The summed E-state index contributed by atoms with van der Waals surface area (Å²) >= 11 is 6.00. The van der Waals surface area contributed by atoms with Crippen molar-refractivity contribution in [1.29, 1.82) is 0 Å². The summed E-state index contributed by atoms with van der Waals surface area (Å²) in [7, 11) is 0. The minimum Gasteiger partial charge on any atom is -0.294 e. The molecule has 1 saturated heterocycles. The molecule has 1 unspecified atom stereocenters. The Morgan fingerprint density at radius 1 is 1.42 bits per heavy atom. The van der Waals surface area contributed by atoms with Crippen LogP contribution in [0.1, 0.15) is 12.0 Å². The fraction of sp³-hybridized carbons (Fsp3) is 0.286. The molecule has 0 aliphatic carbocycles. The Labute approximate surface area is 116 Å². The van der Waals surface area contributed by atoms with E-state index in [4.69, 9.17) is 11.6 Å². The van der Waals surface area contributed by atoms with Gasteiger partial charge in [-0.05, 0) is 12.5 Å². The molecular weight excluding hydrogens is 262 g/mol. The third kappa shape index (κ3) is 2.24. The van der Waals surface area contributed by atoms with Crippen LogP contribution in [0, 0.1) is 6.92 Å². The summed E-state index contributed by atoms with van der Waals surface area (Å²) in [6, 6.07) is 9.96. The number of hydrogen-bond donors (Lipinski definition) is 1. The first kappa shape index (κ1) is 12.2. The minimum atomic E-state index is -0.119. The molecule has 0 bridgehead atoms. The molecule has 19 heavy (non-hydrogen) atoms. The molecule has 2 aromatic rings. The highest BCUT2D eigenvalue weighted by Crippen LogP contribution is 2.27. The van der Waals surface area contributed by atoms with Crippen LogP contribution >= 0.6 is 11.6 Å². The molecule has 0 saturated carbocycles. The number of carbonyl (C=O) groups excluding carboxylic acids is 1. The highest BCUT2D eigenvalue weighted by Gasteiger charge is 2.30. The number of amides is 1. The van der Waals surface area contributed by atoms with Crippen LogP contribution in [-0.2, 0) is 4.79 Å². The molecule has 1 aromatic heterocycles. The zero-order valence-corrected chi connectivity index (χ0v) is 11.3. The van der Waals surface area contributed by atoms with Crippen molar-refractivity contribution < 1.29 is 4.79 Å². The fourth-order valence-electron chi connectivity index (χ4n) is 2.35. The van der Waals surface area contributed by atoms with Crippen LogP contribution in [0.2, 0.25) is 0 Å². The number of rotatable bonds is 2. The molecule has 0 radical (unpaired) electrons. The van der Waals surface area contributed by atoms with Crippen molar-refractivity contribution in [2.75, 3.05) is 11.4 Å². The largest absolute Gasteiger partial charge is 0.294 e. The van der Waals surface area contributed by atoms with Crippen LogP contribution in [0.3, 0.4) is 0 Å². The third-order valence-electron chi connectivity index (χ3n) is 3.35. The summed E-state index contributed by atoms with van der Waals surface area (Å²) in [4.78, 5) is 13.4. The van der Waals surface area contributed by atoms with Crippen LogP contribution < -0.4 is 4.90 Å². The van der Waals surface area contributed by atoms with Crippen LogP contribution in [0.25, 0.3) is 11.3 Å². The molecule has 1 atom stereocenters. The maximum Gasteiger partial charge on any atom is 0.229 e. The number of anilines is 1. The Kier molecular flexibility index (Phi) is 3.03. The summed E-state index contributed by atoms with van der Waals surface area (Å²) in [6.07, 6.45) is 0.383. The van der Waals surface area contributed by atoms with Gasteiger partial charge >= 0.3 is 0 Å². The number of halogens is 1. The molecule has 3 rings (SSSR count). The Balaban J connectivity index is 1.92. The van der Waals surface area contributed by atoms with Crippen molar-refractivity contribution in [2.45, 2.75) is 18.7 Å². The average Bonchev–Trinajstić information content (AvgIpc) is 2.96. The number of aryl methyl sites for hydroxylation is 1. The van der Waals surface area contributed by atoms with Crippen molar-refractivity contribution in [3.8, 4) is 11.3 Å². The fourth-order valence-corrected chi connectivity index (χ4v) is 2.62. The lowest BCUT2D eigenvalue weighted by Crippen LogP contribution is -2.24. The lowest BCUT2D eigenvalue weighted by Gasteiger charge is -2.10. The predicted molar refractivity (Wildman–Crippen MR) is 75.4 cm³/mol. The first-order valence-corrected chi connectivity index (χ1v) is 6.64. The number of nitrogens with one attached hydrogen (secondary N) is 1. The van der Waals surface area contributed by atoms with Gasteiger partial charge in [0.25, 0.3) is 0 Å². The zero-order valence-electron chi connectivity index (χ0n) is 10.6. The maximum absolute atomic E-state index is 11.8. The quantitative estimate of drug-likeness (QED) is 0.857.